The Bertz CT molecular complexity index is 619. The summed E-state index contributed by atoms with van der Waals surface area (Å²) in [5.74, 6) is 0.671. The minimum atomic E-state index is 0.341. The van der Waals surface area contributed by atoms with Crippen LogP contribution in [-0.4, -0.2) is 34.8 Å². The third-order valence-corrected chi connectivity index (χ3v) is 6.12. The minimum Gasteiger partial charge on any atom is -0.310 e. The van der Waals surface area contributed by atoms with Gasteiger partial charge >= 0.3 is 0 Å². The lowest BCUT2D eigenvalue weighted by molar-refractivity contribution is 0.120. The molecule has 24 heavy (non-hydrogen) atoms. The summed E-state index contributed by atoms with van der Waals surface area (Å²) in [4.78, 5) is 4.03. The second kappa shape index (κ2) is 7.81. The molecule has 0 aliphatic carbocycles. The molecule has 3 atom stereocenters. The van der Waals surface area contributed by atoms with Crippen LogP contribution in [0.1, 0.15) is 62.2 Å². The standard InChI is InChI=1S/C19H30N4S/c1-14(2)23-13-17(12-21-23)15(3)20-11-16-7-5-9-22(4)19(16)18-8-6-10-24-18/h6,8,10,12-16,19-20H,5,7,9,11H2,1-4H3/t15-,16+,19+/m0/s1. The van der Waals surface area contributed by atoms with Gasteiger partial charge in [-0.15, -0.1) is 11.3 Å². The highest BCUT2D eigenvalue weighted by Gasteiger charge is 2.31. The molecule has 2 aromatic heterocycles. The van der Waals surface area contributed by atoms with Crippen LogP contribution in [0.4, 0.5) is 0 Å². The van der Waals surface area contributed by atoms with Crippen molar-refractivity contribution in [1.29, 1.82) is 0 Å². The fraction of sp³-hybridized carbons (Fsp3) is 0.632. The van der Waals surface area contributed by atoms with E-state index in [1.807, 2.05) is 22.2 Å². The molecule has 1 N–H and O–H groups in total. The van der Waals surface area contributed by atoms with E-state index in [1.54, 1.807) is 0 Å². The van der Waals surface area contributed by atoms with Crippen molar-refractivity contribution in [2.75, 3.05) is 20.1 Å². The number of hydrogen-bond donors (Lipinski definition) is 1. The third-order valence-electron chi connectivity index (χ3n) is 5.18. The van der Waals surface area contributed by atoms with E-state index in [1.165, 1.54) is 29.8 Å². The van der Waals surface area contributed by atoms with E-state index < -0.39 is 0 Å². The SMILES string of the molecule is CC(C)n1cc([C@H](C)NC[C@H]2CCCN(C)[C@H]2c2cccs2)cn1. The normalized spacial score (nSPS) is 23.7. The number of rotatable bonds is 6. The van der Waals surface area contributed by atoms with E-state index in [2.05, 4.69) is 66.8 Å². The minimum absolute atomic E-state index is 0.341. The molecule has 1 fully saturated rings. The van der Waals surface area contributed by atoms with Crippen LogP contribution in [0, 0.1) is 5.92 Å². The third kappa shape index (κ3) is 3.90. The molecule has 1 saturated heterocycles. The van der Waals surface area contributed by atoms with Gasteiger partial charge in [-0.3, -0.25) is 9.58 Å². The number of piperidine rings is 1. The Labute approximate surface area is 149 Å². The maximum absolute atomic E-state index is 4.47. The summed E-state index contributed by atoms with van der Waals surface area (Å²) in [6.07, 6.45) is 6.77. The lowest BCUT2D eigenvalue weighted by atomic mass is 9.88. The van der Waals surface area contributed by atoms with Gasteiger partial charge in [0.1, 0.15) is 0 Å². The zero-order chi connectivity index (χ0) is 17.1. The first-order chi connectivity index (χ1) is 11.6. The summed E-state index contributed by atoms with van der Waals surface area (Å²) >= 11 is 1.89. The molecular weight excluding hydrogens is 316 g/mol. The first-order valence-electron chi connectivity index (χ1n) is 9.07. The van der Waals surface area contributed by atoms with E-state index in [9.17, 15) is 0 Å². The molecule has 0 spiro atoms. The van der Waals surface area contributed by atoms with Crippen LogP contribution in [0.3, 0.4) is 0 Å². The van der Waals surface area contributed by atoms with Crippen LogP contribution < -0.4 is 5.32 Å². The van der Waals surface area contributed by atoms with Gasteiger partial charge in [0.15, 0.2) is 0 Å². The van der Waals surface area contributed by atoms with Crippen LogP contribution in [0.15, 0.2) is 29.9 Å². The lowest BCUT2D eigenvalue weighted by Crippen LogP contribution is -2.40. The van der Waals surface area contributed by atoms with Crippen molar-refractivity contribution in [3.8, 4) is 0 Å². The molecule has 0 bridgehead atoms. The molecule has 5 heteroatoms. The summed E-state index contributed by atoms with van der Waals surface area (Å²) in [5.41, 5.74) is 1.28. The van der Waals surface area contributed by atoms with Crippen LogP contribution in [-0.2, 0) is 0 Å². The molecule has 2 aromatic rings. The lowest BCUT2D eigenvalue weighted by Gasteiger charge is -2.39. The summed E-state index contributed by atoms with van der Waals surface area (Å²) in [6, 6.07) is 5.78. The van der Waals surface area contributed by atoms with E-state index in [4.69, 9.17) is 0 Å². The Balaban J connectivity index is 1.63. The van der Waals surface area contributed by atoms with Gasteiger partial charge in [0.25, 0.3) is 0 Å². The molecule has 1 aliphatic heterocycles. The maximum atomic E-state index is 4.47. The van der Waals surface area contributed by atoms with Gasteiger partial charge in [-0.05, 0) is 64.6 Å². The van der Waals surface area contributed by atoms with E-state index >= 15 is 0 Å². The molecule has 0 unspecified atom stereocenters. The van der Waals surface area contributed by atoms with Gasteiger partial charge in [-0.1, -0.05) is 6.07 Å². The first-order valence-corrected chi connectivity index (χ1v) is 9.95. The predicted octanol–water partition coefficient (Wildman–Crippen LogP) is 4.26. The monoisotopic (exact) mass is 346 g/mol. The Hall–Kier alpha value is -1.17. The molecule has 0 aromatic carbocycles. The molecule has 3 heterocycles. The van der Waals surface area contributed by atoms with Crippen molar-refractivity contribution < 1.29 is 0 Å². The number of thiophene rings is 1. The molecular formula is C19H30N4S. The maximum Gasteiger partial charge on any atom is 0.0537 e. The summed E-state index contributed by atoms with van der Waals surface area (Å²) in [6.45, 7) is 8.84. The van der Waals surface area contributed by atoms with Crippen molar-refractivity contribution in [3.05, 3.63) is 40.3 Å². The van der Waals surface area contributed by atoms with Gasteiger partial charge in [0.05, 0.1) is 6.20 Å². The van der Waals surface area contributed by atoms with Crippen LogP contribution >= 0.6 is 11.3 Å². The van der Waals surface area contributed by atoms with Gasteiger partial charge < -0.3 is 5.32 Å². The number of likely N-dealkylation sites (tertiary alicyclic amines) is 1. The molecule has 1 aliphatic rings. The highest BCUT2D eigenvalue weighted by atomic mass is 32.1. The zero-order valence-electron chi connectivity index (χ0n) is 15.3. The van der Waals surface area contributed by atoms with Crippen molar-refractivity contribution in [1.82, 2.24) is 20.0 Å². The second-order valence-corrected chi connectivity index (χ2v) is 8.30. The highest BCUT2D eigenvalue weighted by molar-refractivity contribution is 7.10. The molecule has 4 nitrogen and oxygen atoms in total. The van der Waals surface area contributed by atoms with Gasteiger partial charge in [0, 0.05) is 41.3 Å². The Morgan fingerprint density at radius 3 is 2.88 bits per heavy atom. The zero-order valence-corrected chi connectivity index (χ0v) is 16.1. The second-order valence-electron chi connectivity index (χ2n) is 7.32. The average molecular weight is 347 g/mol. The van der Waals surface area contributed by atoms with Crippen LogP contribution in [0.25, 0.3) is 0 Å². The highest BCUT2D eigenvalue weighted by Crippen LogP contribution is 2.37. The smallest absolute Gasteiger partial charge is 0.0537 e. The van der Waals surface area contributed by atoms with Gasteiger partial charge in [-0.2, -0.15) is 5.10 Å². The van der Waals surface area contributed by atoms with E-state index in [0.29, 0.717) is 24.0 Å². The number of aromatic nitrogens is 2. The quantitative estimate of drug-likeness (QED) is 0.848. The van der Waals surface area contributed by atoms with Crippen molar-refractivity contribution >= 4 is 11.3 Å². The topological polar surface area (TPSA) is 33.1 Å². The average Bonchev–Trinajstić information content (AvgIpc) is 3.24. The van der Waals surface area contributed by atoms with Gasteiger partial charge in [-0.25, -0.2) is 0 Å². The van der Waals surface area contributed by atoms with Crippen molar-refractivity contribution in [2.24, 2.45) is 5.92 Å². The molecule has 3 rings (SSSR count). The van der Waals surface area contributed by atoms with E-state index in [0.717, 1.165) is 6.54 Å². The molecule has 0 saturated carbocycles. The number of nitrogens with zero attached hydrogens (tertiary/aromatic N) is 3. The van der Waals surface area contributed by atoms with Crippen molar-refractivity contribution in [2.45, 2.75) is 51.7 Å². The number of nitrogens with one attached hydrogen (secondary N) is 1. The number of hydrogen-bond acceptors (Lipinski definition) is 4. The fourth-order valence-electron chi connectivity index (χ4n) is 3.69. The largest absolute Gasteiger partial charge is 0.310 e. The van der Waals surface area contributed by atoms with Crippen LogP contribution in [0.2, 0.25) is 0 Å². The summed E-state index contributed by atoms with van der Waals surface area (Å²) < 4.78 is 2.04. The Morgan fingerprint density at radius 1 is 1.38 bits per heavy atom. The molecule has 0 radical (unpaired) electrons. The van der Waals surface area contributed by atoms with Gasteiger partial charge in [0.2, 0.25) is 0 Å². The predicted molar refractivity (Wildman–Crippen MR) is 101 cm³/mol. The Morgan fingerprint density at radius 2 is 2.21 bits per heavy atom. The van der Waals surface area contributed by atoms with E-state index in [-0.39, 0.29) is 0 Å². The Kier molecular flexibility index (Phi) is 5.74. The summed E-state index contributed by atoms with van der Waals surface area (Å²) in [5, 5.41) is 10.4. The van der Waals surface area contributed by atoms with Crippen molar-refractivity contribution in [3.63, 3.8) is 0 Å². The summed E-state index contributed by atoms with van der Waals surface area (Å²) in [7, 11) is 2.27. The molecule has 132 valence electrons. The fourth-order valence-corrected chi connectivity index (χ4v) is 4.67. The molecule has 0 amide bonds. The van der Waals surface area contributed by atoms with Crippen LogP contribution in [0.5, 0.6) is 0 Å². The first kappa shape index (κ1) is 17.6.